The second-order valence-electron chi connectivity index (χ2n) is 6.59. The highest BCUT2D eigenvalue weighted by Gasteiger charge is 2.35. The minimum absolute atomic E-state index is 0.0300. The van der Waals surface area contributed by atoms with E-state index in [-0.39, 0.29) is 29.5 Å². The number of rotatable bonds is 3. The Balaban J connectivity index is 1.39. The lowest BCUT2D eigenvalue weighted by Gasteiger charge is -2.33. The second kappa shape index (κ2) is 7.11. The number of hydrogen-bond donors (Lipinski definition) is 0. The number of carbonyl (C=O) groups is 2. The Bertz CT molecular complexity index is 795. The van der Waals surface area contributed by atoms with Crippen LogP contribution in [0.25, 0.3) is 0 Å². The molecule has 0 N–H and O–H groups in total. The number of hydrogen-bond acceptors (Lipinski definition) is 5. The Labute approximate surface area is 151 Å². The molecule has 7 heteroatoms. The van der Waals surface area contributed by atoms with Crippen molar-refractivity contribution in [2.75, 3.05) is 13.1 Å². The molecule has 1 unspecified atom stereocenters. The summed E-state index contributed by atoms with van der Waals surface area (Å²) in [4.78, 5) is 27.0. The fourth-order valence-electron chi connectivity index (χ4n) is 3.58. The minimum atomic E-state index is -0.172. The Morgan fingerprint density at radius 2 is 1.85 bits per heavy atom. The summed E-state index contributed by atoms with van der Waals surface area (Å²) in [5.74, 6) is -0.00702. The Hall–Kier alpha value is -2.96. The summed E-state index contributed by atoms with van der Waals surface area (Å²) in [6, 6.07) is 11.5. The average Bonchev–Trinajstić information content (AvgIpc) is 3.39. The molecular formula is C19H20N4O3. The number of likely N-dealkylation sites (tertiary alicyclic amines) is 1. The van der Waals surface area contributed by atoms with Gasteiger partial charge in [-0.2, -0.15) is 5.10 Å². The molecule has 1 aromatic carbocycles. The van der Waals surface area contributed by atoms with Crippen molar-refractivity contribution in [1.82, 2.24) is 15.1 Å². The molecule has 26 heavy (non-hydrogen) atoms. The molecule has 0 spiro atoms. The highest BCUT2D eigenvalue weighted by Crippen LogP contribution is 2.31. The summed E-state index contributed by atoms with van der Waals surface area (Å²) in [5, 5.41) is 9.51. The van der Waals surface area contributed by atoms with Crippen LogP contribution >= 0.6 is 0 Å². The van der Waals surface area contributed by atoms with Crippen LogP contribution in [0.3, 0.4) is 0 Å². The fourth-order valence-corrected chi connectivity index (χ4v) is 3.58. The number of piperidine rings is 1. The maximum atomic E-state index is 13.0. The molecule has 1 fully saturated rings. The smallest absolute Gasteiger partial charge is 0.292 e. The van der Waals surface area contributed by atoms with Crippen LogP contribution in [0.15, 0.2) is 52.2 Å². The Morgan fingerprint density at radius 3 is 2.54 bits per heavy atom. The van der Waals surface area contributed by atoms with Gasteiger partial charge in [-0.05, 0) is 18.4 Å². The van der Waals surface area contributed by atoms with E-state index in [1.54, 1.807) is 22.2 Å². The maximum Gasteiger partial charge on any atom is 0.292 e. The van der Waals surface area contributed by atoms with E-state index >= 15 is 0 Å². The first-order valence-electron chi connectivity index (χ1n) is 8.84. The molecule has 1 aromatic heterocycles. The molecule has 2 aromatic rings. The highest BCUT2D eigenvalue weighted by molar-refractivity contribution is 5.91. The van der Waals surface area contributed by atoms with Crippen LogP contribution in [0.4, 0.5) is 0 Å². The van der Waals surface area contributed by atoms with Gasteiger partial charge >= 0.3 is 0 Å². The van der Waals surface area contributed by atoms with Gasteiger partial charge < -0.3 is 9.42 Å². The normalized spacial score (nSPS) is 20.5. The van der Waals surface area contributed by atoms with Gasteiger partial charge in [-0.3, -0.25) is 9.59 Å². The van der Waals surface area contributed by atoms with Gasteiger partial charge in [0.05, 0.1) is 12.2 Å². The van der Waals surface area contributed by atoms with Crippen molar-refractivity contribution < 1.29 is 14.1 Å². The first-order valence-corrected chi connectivity index (χ1v) is 8.84. The summed E-state index contributed by atoms with van der Waals surface area (Å²) < 4.78 is 4.93. The molecule has 134 valence electrons. The third-order valence-electron chi connectivity index (χ3n) is 5.02. The number of amides is 2. The third kappa shape index (κ3) is 3.12. The van der Waals surface area contributed by atoms with E-state index in [4.69, 9.17) is 4.52 Å². The fraction of sp³-hybridized carbons (Fsp3) is 0.368. The van der Waals surface area contributed by atoms with Gasteiger partial charge in [0.25, 0.3) is 5.91 Å². The van der Waals surface area contributed by atoms with Crippen molar-refractivity contribution in [2.45, 2.75) is 25.3 Å². The molecule has 3 heterocycles. The third-order valence-corrected chi connectivity index (χ3v) is 5.02. The number of benzene rings is 1. The number of nitrogens with zero attached hydrogens (tertiary/aromatic N) is 4. The number of carbonyl (C=O) groups excluding carboxylic acids is 2. The molecule has 2 aliphatic rings. The molecule has 2 amide bonds. The molecule has 2 aliphatic heterocycles. The van der Waals surface area contributed by atoms with Gasteiger partial charge in [-0.15, -0.1) is 0 Å². The lowest BCUT2D eigenvalue weighted by Crippen LogP contribution is -2.43. The SMILES string of the molecule is O=C(c1ccno1)N1CCC(C(=O)N2N=CCC2c2ccccc2)CC1. The summed E-state index contributed by atoms with van der Waals surface area (Å²) in [6.45, 7) is 1.06. The van der Waals surface area contributed by atoms with E-state index in [2.05, 4.69) is 10.3 Å². The lowest BCUT2D eigenvalue weighted by atomic mass is 9.94. The van der Waals surface area contributed by atoms with Gasteiger partial charge in [-0.25, -0.2) is 5.01 Å². The molecule has 0 saturated carbocycles. The first-order chi connectivity index (χ1) is 12.7. The number of aromatic nitrogens is 1. The van der Waals surface area contributed by atoms with Crippen LogP contribution in [-0.4, -0.2) is 46.2 Å². The zero-order valence-corrected chi connectivity index (χ0v) is 14.3. The summed E-state index contributed by atoms with van der Waals surface area (Å²) in [7, 11) is 0. The lowest BCUT2D eigenvalue weighted by molar-refractivity contribution is -0.138. The molecular weight excluding hydrogens is 332 g/mol. The largest absolute Gasteiger partial charge is 0.351 e. The molecule has 1 saturated heterocycles. The van der Waals surface area contributed by atoms with Crippen molar-refractivity contribution >= 4 is 18.0 Å². The standard InChI is InChI=1S/C19H20N4O3/c24-18(23-16(6-10-20-23)14-4-2-1-3-5-14)15-8-12-22(13-9-15)19(25)17-7-11-21-26-17/h1-5,7,10-11,15-16H,6,8-9,12-13H2. The van der Waals surface area contributed by atoms with Crippen molar-refractivity contribution in [3.63, 3.8) is 0 Å². The van der Waals surface area contributed by atoms with Gasteiger partial charge in [0, 0.05) is 37.7 Å². The minimum Gasteiger partial charge on any atom is -0.351 e. The molecule has 0 radical (unpaired) electrons. The summed E-state index contributed by atoms with van der Waals surface area (Å²) in [5.41, 5.74) is 1.09. The molecule has 1 atom stereocenters. The van der Waals surface area contributed by atoms with E-state index in [0.29, 0.717) is 25.9 Å². The van der Waals surface area contributed by atoms with Gasteiger partial charge in [-0.1, -0.05) is 35.5 Å². The van der Waals surface area contributed by atoms with Crippen molar-refractivity contribution in [1.29, 1.82) is 0 Å². The summed E-state index contributed by atoms with van der Waals surface area (Å²) >= 11 is 0. The van der Waals surface area contributed by atoms with Crippen molar-refractivity contribution in [3.05, 3.63) is 53.9 Å². The van der Waals surface area contributed by atoms with Crippen LogP contribution in [0, 0.1) is 5.92 Å². The van der Waals surface area contributed by atoms with Crippen LogP contribution in [0.1, 0.15) is 41.4 Å². The zero-order valence-electron chi connectivity index (χ0n) is 14.3. The van der Waals surface area contributed by atoms with Crippen molar-refractivity contribution in [2.24, 2.45) is 11.0 Å². The van der Waals surface area contributed by atoms with E-state index in [9.17, 15) is 9.59 Å². The summed E-state index contributed by atoms with van der Waals surface area (Å²) in [6.07, 6.45) is 5.26. The van der Waals surface area contributed by atoms with Gasteiger partial charge in [0.2, 0.25) is 11.7 Å². The van der Waals surface area contributed by atoms with Crippen LogP contribution in [0.2, 0.25) is 0 Å². The quantitative estimate of drug-likeness (QED) is 0.850. The second-order valence-corrected chi connectivity index (χ2v) is 6.59. The van der Waals surface area contributed by atoms with E-state index < -0.39 is 0 Å². The number of hydrazone groups is 1. The molecule has 0 aliphatic carbocycles. The van der Waals surface area contributed by atoms with Gasteiger partial charge in [0.1, 0.15) is 0 Å². The highest BCUT2D eigenvalue weighted by atomic mass is 16.5. The topological polar surface area (TPSA) is 79.0 Å². The predicted octanol–water partition coefficient (Wildman–Crippen LogP) is 2.49. The Morgan fingerprint density at radius 1 is 1.08 bits per heavy atom. The average molecular weight is 352 g/mol. The Kier molecular flexibility index (Phi) is 4.51. The van der Waals surface area contributed by atoms with Crippen LogP contribution < -0.4 is 0 Å². The first kappa shape index (κ1) is 16.5. The van der Waals surface area contributed by atoms with E-state index in [1.807, 2.05) is 30.3 Å². The zero-order chi connectivity index (χ0) is 17.9. The monoisotopic (exact) mass is 352 g/mol. The van der Waals surface area contributed by atoms with E-state index in [0.717, 1.165) is 12.0 Å². The van der Waals surface area contributed by atoms with Crippen LogP contribution in [-0.2, 0) is 4.79 Å². The van der Waals surface area contributed by atoms with Crippen LogP contribution in [0.5, 0.6) is 0 Å². The van der Waals surface area contributed by atoms with Gasteiger partial charge in [0.15, 0.2) is 0 Å². The van der Waals surface area contributed by atoms with E-state index in [1.165, 1.54) is 6.20 Å². The van der Waals surface area contributed by atoms with Crippen molar-refractivity contribution in [3.8, 4) is 0 Å². The molecule has 0 bridgehead atoms. The molecule has 4 rings (SSSR count). The molecule has 7 nitrogen and oxygen atoms in total. The predicted molar refractivity (Wildman–Crippen MR) is 94.3 cm³/mol. The maximum absolute atomic E-state index is 13.0.